The summed E-state index contributed by atoms with van der Waals surface area (Å²) in [6, 6.07) is 6.31. The van der Waals surface area contributed by atoms with Gasteiger partial charge in [-0.25, -0.2) is 9.98 Å². The number of nitrogens with zero attached hydrogens (tertiary/aromatic N) is 3. The van der Waals surface area contributed by atoms with E-state index in [0.29, 0.717) is 13.1 Å². The maximum Gasteiger partial charge on any atom is 0.191 e. The lowest BCUT2D eigenvalue weighted by molar-refractivity contribution is 0.809. The van der Waals surface area contributed by atoms with Crippen LogP contribution in [-0.2, 0) is 13.1 Å². The number of guanidine groups is 1. The van der Waals surface area contributed by atoms with Gasteiger partial charge in [0.05, 0.1) is 6.54 Å². The minimum Gasteiger partial charge on any atom is -0.357 e. The first kappa shape index (κ1) is 21.7. The maximum absolute atomic E-state index is 4.62. The quantitative estimate of drug-likeness (QED) is 0.347. The third-order valence-corrected chi connectivity index (χ3v) is 4.43. The van der Waals surface area contributed by atoms with Gasteiger partial charge in [0.15, 0.2) is 5.96 Å². The Kier molecular flexibility index (Phi) is 10.5. The number of halogens is 1. The van der Waals surface area contributed by atoms with Crippen molar-refractivity contribution in [1.29, 1.82) is 0 Å². The Morgan fingerprint density at radius 1 is 1.12 bits per heavy atom. The van der Waals surface area contributed by atoms with Gasteiger partial charge in [-0.2, -0.15) is 11.3 Å². The van der Waals surface area contributed by atoms with E-state index in [2.05, 4.69) is 75.2 Å². The van der Waals surface area contributed by atoms with Crippen molar-refractivity contribution in [2.24, 2.45) is 4.99 Å². The van der Waals surface area contributed by atoms with Crippen LogP contribution in [0.1, 0.15) is 31.9 Å². The first-order valence-electron chi connectivity index (χ1n) is 8.49. The molecule has 0 bridgehead atoms. The zero-order valence-corrected chi connectivity index (χ0v) is 18.3. The number of pyridine rings is 1. The summed E-state index contributed by atoms with van der Waals surface area (Å²) in [6.07, 6.45) is 1.93. The number of aliphatic imine (C=N–C) groups is 1. The van der Waals surface area contributed by atoms with Gasteiger partial charge in [0.1, 0.15) is 5.82 Å². The van der Waals surface area contributed by atoms with Gasteiger partial charge in [-0.3, -0.25) is 0 Å². The highest BCUT2D eigenvalue weighted by Gasteiger charge is 2.04. The molecule has 5 nitrogen and oxygen atoms in total. The van der Waals surface area contributed by atoms with Crippen molar-refractivity contribution in [3.63, 3.8) is 0 Å². The van der Waals surface area contributed by atoms with Gasteiger partial charge in [0, 0.05) is 32.4 Å². The van der Waals surface area contributed by atoms with Crippen LogP contribution in [0.3, 0.4) is 0 Å². The van der Waals surface area contributed by atoms with Crippen molar-refractivity contribution < 1.29 is 0 Å². The Hall–Kier alpha value is -1.35. The fraction of sp³-hybridized carbons (Fsp3) is 0.444. The molecular formula is C18H28IN5S. The van der Waals surface area contributed by atoms with Crippen LogP contribution < -0.4 is 15.5 Å². The van der Waals surface area contributed by atoms with E-state index in [1.165, 1.54) is 5.56 Å². The second-order valence-electron chi connectivity index (χ2n) is 5.38. The van der Waals surface area contributed by atoms with Gasteiger partial charge in [-0.1, -0.05) is 6.07 Å². The molecular weight excluding hydrogens is 445 g/mol. The summed E-state index contributed by atoms with van der Waals surface area (Å²) in [4.78, 5) is 11.4. The fourth-order valence-electron chi connectivity index (χ4n) is 2.34. The standard InChI is InChI=1S/C18H27N5S.HI/c1-4-19-18(22-13-16-9-10-24-14-16)21-12-15-7-8-17(20-11-15)23(5-2)6-3;/h7-11,14H,4-6,12-13H2,1-3H3,(H2,19,21,22);1H. The molecule has 25 heavy (non-hydrogen) atoms. The van der Waals surface area contributed by atoms with Crippen molar-refractivity contribution in [3.8, 4) is 0 Å². The summed E-state index contributed by atoms with van der Waals surface area (Å²) < 4.78 is 0. The molecule has 0 atom stereocenters. The monoisotopic (exact) mass is 473 g/mol. The highest BCUT2D eigenvalue weighted by atomic mass is 127. The normalized spacial score (nSPS) is 10.9. The molecule has 2 heterocycles. The Morgan fingerprint density at radius 3 is 2.48 bits per heavy atom. The van der Waals surface area contributed by atoms with Crippen LogP contribution in [0.15, 0.2) is 40.1 Å². The molecule has 0 aromatic carbocycles. The highest BCUT2D eigenvalue weighted by Crippen LogP contribution is 2.11. The second kappa shape index (κ2) is 12.1. The summed E-state index contributed by atoms with van der Waals surface area (Å²) in [5, 5.41) is 10.8. The number of hydrogen-bond acceptors (Lipinski definition) is 4. The van der Waals surface area contributed by atoms with Gasteiger partial charge >= 0.3 is 0 Å². The Labute approximate surface area is 172 Å². The number of nitrogens with one attached hydrogen (secondary N) is 2. The molecule has 0 radical (unpaired) electrons. The van der Waals surface area contributed by atoms with Crippen LogP contribution in [-0.4, -0.2) is 30.6 Å². The van der Waals surface area contributed by atoms with Crippen LogP contribution >= 0.6 is 35.3 Å². The van der Waals surface area contributed by atoms with Gasteiger partial charge in [0.25, 0.3) is 0 Å². The molecule has 2 aromatic rings. The maximum atomic E-state index is 4.62. The van der Waals surface area contributed by atoms with Crippen molar-refractivity contribution in [2.45, 2.75) is 33.9 Å². The summed E-state index contributed by atoms with van der Waals surface area (Å²) in [6.45, 7) is 10.6. The number of rotatable bonds is 8. The third kappa shape index (κ3) is 7.19. The molecule has 0 aliphatic rings. The largest absolute Gasteiger partial charge is 0.357 e. The van der Waals surface area contributed by atoms with Crippen molar-refractivity contribution in [1.82, 2.24) is 15.6 Å². The summed E-state index contributed by atoms with van der Waals surface area (Å²) >= 11 is 1.70. The summed E-state index contributed by atoms with van der Waals surface area (Å²) in [7, 11) is 0. The molecule has 7 heteroatoms. The molecule has 0 fully saturated rings. The molecule has 0 aliphatic heterocycles. The molecule has 0 aliphatic carbocycles. The van der Waals surface area contributed by atoms with Crippen LogP contribution in [0.5, 0.6) is 0 Å². The molecule has 2 aromatic heterocycles. The van der Waals surface area contributed by atoms with E-state index in [1.807, 2.05) is 6.20 Å². The molecule has 2 rings (SSSR count). The number of thiophene rings is 1. The van der Waals surface area contributed by atoms with E-state index in [4.69, 9.17) is 0 Å². The minimum absolute atomic E-state index is 0. The van der Waals surface area contributed by atoms with Gasteiger partial charge in [-0.05, 0) is 54.8 Å². The molecule has 0 amide bonds. The number of aromatic nitrogens is 1. The van der Waals surface area contributed by atoms with Crippen LogP contribution in [0.2, 0.25) is 0 Å². The zero-order chi connectivity index (χ0) is 17.2. The van der Waals surface area contributed by atoms with E-state index in [0.717, 1.165) is 37.0 Å². The smallest absolute Gasteiger partial charge is 0.191 e. The minimum atomic E-state index is 0. The fourth-order valence-corrected chi connectivity index (χ4v) is 3.00. The first-order valence-corrected chi connectivity index (χ1v) is 9.44. The van der Waals surface area contributed by atoms with Gasteiger partial charge < -0.3 is 15.5 Å². The number of anilines is 1. The Bertz CT molecular complexity index is 609. The van der Waals surface area contributed by atoms with Gasteiger partial charge in [-0.15, -0.1) is 24.0 Å². The summed E-state index contributed by atoms with van der Waals surface area (Å²) in [5.41, 5.74) is 2.38. The Morgan fingerprint density at radius 2 is 1.92 bits per heavy atom. The molecule has 0 unspecified atom stereocenters. The van der Waals surface area contributed by atoms with Gasteiger partial charge in [0.2, 0.25) is 0 Å². The average Bonchev–Trinajstić information content (AvgIpc) is 3.13. The van der Waals surface area contributed by atoms with E-state index in [1.54, 1.807) is 11.3 Å². The lowest BCUT2D eigenvalue weighted by Crippen LogP contribution is -2.36. The molecule has 138 valence electrons. The SMILES string of the molecule is CCNC(=NCc1ccsc1)NCc1ccc(N(CC)CC)nc1.I. The van der Waals surface area contributed by atoms with E-state index in [-0.39, 0.29) is 24.0 Å². The van der Waals surface area contributed by atoms with Crippen molar-refractivity contribution >= 4 is 47.1 Å². The highest BCUT2D eigenvalue weighted by molar-refractivity contribution is 14.0. The van der Waals surface area contributed by atoms with Crippen LogP contribution in [0, 0.1) is 0 Å². The molecule has 0 spiro atoms. The lowest BCUT2D eigenvalue weighted by atomic mass is 10.2. The van der Waals surface area contributed by atoms with E-state index < -0.39 is 0 Å². The zero-order valence-electron chi connectivity index (χ0n) is 15.2. The third-order valence-electron chi connectivity index (χ3n) is 3.70. The molecule has 0 saturated heterocycles. The number of hydrogen-bond donors (Lipinski definition) is 2. The first-order chi connectivity index (χ1) is 11.8. The second-order valence-corrected chi connectivity index (χ2v) is 6.16. The van der Waals surface area contributed by atoms with E-state index in [9.17, 15) is 0 Å². The summed E-state index contributed by atoms with van der Waals surface area (Å²) in [5.74, 6) is 1.86. The molecule has 0 saturated carbocycles. The predicted molar refractivity (Wildman–Crippen MR) is 119 cm³/mol. The lowest BCUT2D eigenvalue weighted by Gasteiger charge is -2.19. The average molecular weight is 473 g/mol. The van der Waals surface area contributed by atoms with E-state index >= 15 is 0 Å². The topological polar surface area (TPSA) is 52.6 Å². The van der Waals surface area contributed by atoms with Crippen LogP contribution in [0.4, 0.5) is 5.82 Å². The predicted octanol–water partition coefficient (Wildman–Crippen LogP) is 3.86. The van der Waals surface area contributed by atoms with Crippen molar-refractivity contribution in [2.75, 3.05) is 24.5 Å². The molecule has 2 N–H and O–H groups in total. The Balaban J connectivity index is 0.00000312. The van der Waals surface area contributed by atoms with Crippen molar-refractivity contribution in [3.05, 3.63) is 46.3 Å². The van der Waals surface area contributed by atoms with Crippen LogP contribution in [0.25, 0.3) is 0 Å².